The average Bonchev–Trinajstić information content (AvgIpc) is 3.36. The van der Waals surface area contributed by atoms with E-state index in [-0.39, 0.29) is 11.9 Å². The monoisotopic (exact) mass is 563 g/mol. The molecule has 0 amide bonds. The zero-order valence-electron chi connectivity index (χ0n) is 23.4. The van der Waals surface area contributed by atoms with Gasteiger partial charge in [0.1, 0.15) is 28.6 Å². The average molecular weight is 564 g/mol. The fourth-order valence-corrected chi connectivity index (χ4v) is 5.01. The molecule has 41 heavy (non-hydrogen) atoms. The summed E-state index contributed by atoms with van der Waals surface area (Å²) in [6.45, 7) is 7.45. The van der Waals surface area contributed by atoms with Crippen LogP contribution in [0, 0.1) is 5.82 Å². The molecule has 4 aromatic rings. The van der Waals surface area contributed by atoms with Gasteiger partial charge in [0.05, 0.1) is 25.9 Å². The quantitative estimate of drug-likeness (QED) is 0.168. The van der Waals surface area contributed by atoms with Crippen molar-refractivity contribution in [3.63, 3.8) is 0 Å². The number of aromatic nitrogens is 1. The van der Waals surface area contributed by atoms with Gasteiger partial charge in [0.2, 0.25) is 0 Å². The summed E-state index contributed by atoms with van der Waals surface area (Å²) >= 11 is 0. The van der Waals surface area contributed by atoms with Crippen molar-refractivity contribution in [1.82, 2.24) is 9.88 Å². The Morgan fingerprint density at radius 3 is 2.34 bits per heavy atom. The molecular formula is C31H34FN3O6. The van der Waals surface area contributed by atoms with E-state index in [2.05, 4.69) is 32.1 Å². The second kappa shape index (κ2) is 12.9. The maximum Gasteiger partial charge on any atom is 0.513 e. The van der Waals surface area contributed by atoms with E-state index in [0.29, 0.717) is 36.1 Å². The SMILES string of the molecule is CCOc1cc(CN2CCC(Nc3nc4cc(OC(=O)OC)ccc4o3)CC2)cc(OCC)c1-c1ccc(F)cc1. The number of hydrogen-bond donors (Lipinski definition) is 1. The van der Waals surface area contributed by atoms with Crippen LogP contribution in [0.3, 0.4) is 0 Å². The van der Waals surface area contributed by atoms with Gasteiger partial charge in [0, 0.05) is 31.7 Å². The van der Waals surface area contributed by atoms with Crippen LogP contribution in [0.1, 0.15) is 32.3 Å². The van der Waals surface area contributed by atoms with Crippen molar-refractivity contribution in [3.05, 3.63) is 66.0 Å². The summed E-state index contributed by atoms with van der Waals surface area (Å²) in [6, 6.07) is 16.1. The topological polar surface area (TPSA) is 95.3 Å². The number of anilines is 1. The second-order valence-electron chi connectivity index (χ2n) is 9.74. The minimum absolute atomic E-state index is 0.212. The number of nitrogens with zero attached hydrogens (tertiary/aromatic N) is 2. The summed E-state index contributed by atoms with van der Waals surface area (Å²) in [6.07, 6.45) is 1.05. The molecule has 0 saturated carbocycles. The molecule has 1 aromatic heterocycles. The minimum Gasteiger partial charge on any atom is -0.493 e. The summed E-state index contributed by atoms with van der Waals surface area (Å²) in [5.41, 5.74) is 3.97. The van der Waals surface area contributed by atoms with Crippen LogP contribution in [-0.4, -0.2) is 55.5 Å². The molecule has 1 aliphatic rings. The third-order valence-electron chi connectivity index (χ3n) is 6.91. The van der Waals surface area contributed by atoms with Gasteiger partial charge in [0.15, 0.2) is 5.58 Å². The number of hydrogen-bond acceptors (Lipinski definition) is 9. The maximum atomic E-state index is 13.6. The molecule has 10 heteroatoms. The molecule has 2 heterocycles. The fraction of sp³-hybridized carbons (Fsp3) is 0.355. The van der Waals surface area contributed by atoms with Crippen molar-refractivity contribution in [2.75, 3.05) is 38.7 Å². The first-order valence-electron chi connectivity index (χ1n) is 13.8. The van der Waals surface area contributed by atoms with Crippen molar-refractivity contribution < 1.29 is 32.5 Å². The Hall–Kier alpha value is -4.31. The summed E-state index contributed by atoms with van der Waals surface area (Å²) in [5.74, 6) is 1.51. The number of halogens is 1. The van der Waals surface area contributed by atoms with Crippen molar-refractivity contribution >= 4 is 23.3 Å². The van der Waals surface area contributed by atoms with Crippen LogP contribution < -0.4 is 19.5 Å². The lowest BCUT2D eigenvalue weighted by Gasteiger charge is -2.32. The van der Waals surface area contributed by atoms with E-state index < -0.39 is 6.16 Å². The van der Waals surface area contributed by atoms with Crippen molar-refractivity contribution in [1.29, 1.82) is 0 Å². The molecule has 0 aliphatic carbocycles. The second-order valence-corrected chi connectivity index (χ2v) is 9.74. The lowest BCUT2D eigenvalue weighted by Crippen LogP contribution is -2.38. The lowest BCUT2D eigenvalue weighted by molar-refractivity contribution is 0.121. The fourth-order valence-electron chi connectivity index (χ4n) is 5.01. The number of piperidine rings is 1. The van der Waals surface area contributed by atoms with Crippen LogP contribution in [0.15, 0.2) is 59.0 Å². The molecule has 0 unspecified atom stereocenters. The maximum absolute atomic E-state index is 13.6. The molecule has 0 atom stereocenters. The number of nitrogens with one attached hydrogen (secondary N) is 1. The number of carbonyl (C=O) groups excluding carboxylic acids is 1. The first-order valence-corrected chi connectivity index (χ1v) is 13.8. The predicted octanol–water partition coefficient (Wildman–Crippen LogP) is 6.65. The molecule has 5 rings (SSSR count). The van der Waals surface area contributed by atoms with Gasteiger partial charge in [0.25, 0.3) is 6.01 Å². The van der Waals surface area contributed by atoms with E-state index in [1.165, 1.54) is 19.2 Å². The Morgan fingerprint density at radius 2 is 1.71 bits per heavy atom. The van der Waals surface area contributed by atoms with E-state index in [9.17, 15) is 9.18 Å². The van der Waals surface area contributed by atoms with Crippen LogP contribution >= 0.6 is 0 Å². The van der Waals surface area contributed by atoms with Crippen molar-refractivity contribution in [2.45, 2.75) is 39.3 Å². The van der Waals surface area contributed by atoms with Gasteiger partial charge in [-0.1, -0.05) is 12.1 Å². The Kier molecular flexibility index (Phi) is 8.88. The molecule has 1 N–H and O–H groups in total. The molecule has 1 aliphatic heterocycles. The smallest absolute Gasteiger partial charge is 0.493 e. The first-order chi connectivity index (χ1) is 19.9. The normalized spacial score (nSPS) is 14.1. The standard InChI is InChI=1S/C31H34FN3O6/c1-4-38-27-16-20(17-28(39-5-2)29(27)21-6-8-22(32)9-7-21)19-35-14-12-23(13-15-35)33-30-34-25-18-24(40-31(36)37-3)10-11-26(25)41-30/h6-11,16-18,23H,4-5,12-15,19H2,1-3H3,(H,33,34). The van der Waals surface area contributed by atoms with E-state index >= 15 is 0 Å². The van der Waals surface area contributed by atoms with Gasteiger partial charge < -0.3 is 28.7 Å². The van der Waals surface area contributed by atoms with Crippen molar-refractivity contribution in [2.24, 2.45) is 0 Å². The van der Waals surface area contributed by atoms with Crippen LogP contribution in [-0.2, 0) is 11.3 Å². The Bertz CT molecular complexity index is 1450. The van der Waals surface area contributed by atoms with E-state index in [0.717, 1.165) is 60.7 Å². The van der Waals surface area contributed by atoms with Crippen LogP contribution in [0.4, 0.5) is 15.2 Å². The van der Waals surface area contributed by atoms with Gasteiger partial charge >= 0.3 is 6.16 Å². The van der Waals surface area contributed by atoms with Gasteiger partial charge in [-0.15, -0.1) is 0 Å². The summed E-state index contributed by atoms with van der Waals surface area (Å²) in [4.78, 5) is 18.3. The molecule has 1 fully saturated rings. The minimum atomic E-state index is -0.787. The summed E-state index contributed by atoms with van der Waals surface area (Å²) in [7, 11) is 1.26. The van der Waals surface area contributed by atoms with Gasteiger partial charge in [-0.25, -0.2) is 9.18 Å². The third kappa shape index (κ3) is 6.89. The molecule has 0 radical (unpaired) electrons. The number of benzene rings is 3. The number of likely N-dealkylation sites (tertiary alicyclic amines) is 1. The highest BCUT2D eigenvalue weighted by Crippen LogP contribution is 2.40. The predicted molar refractivity (Wildman–Crippen MR) is 153 cm³/mol. The van der Waals surface area contributed by atoms with Gasteiger partial charge in [-0.3, -0.25) is 4.90 Å². The number of fused-ring (bicyclic) bond motifs is 1. The van der Waals surface area contributed by atoms with Crippen LogP contribution in [0.2, 0.25) is 0 Å². The molecule has 3 aromatic carbocycles. The highest BCUT2D eigenvalue weighted by atomic mass is 19.1. The van der Waals surface area contributed by atoms with Gasteiger partial charge in [-0.05, 0) is 74.2 Å². The Balaban J connectivity index is 1.24. The zero-order chi connectivity index (χ0) is 28.8. The Labute approximate surface area is 238 Å². The number of oxazole rings is 1. The lowest BCUT2D eigenvalue weighted by atomic mass is 9.99. The third-order valence-corrected chi connectivity index (χ3v) is 6.91. The number of rotatable bonds is 10. The number of carbonyl (C=O) groups is 1. The summed E-state index contributed by atoms with van der Waals surface area (Å²) in [5, 5.41) is 3.40. The molecule has 216 valence electrons. The largest absolute Gasteiger partial charge is 0.513 e. The first kappa shape index (κ1) is 28.2. The van der Waals surface area contributed by atoms with E-state index in [1.807, 2.05) is 13.8 Å². The zero-order valence-corrected chi connectivity index (χ0v) is 23.4. The van der Waals surface area contributed by atoms with E-state index in [1.54, 1.807) is 30.3 Å². The number of ether oxygens (including phenoxy) is 4. The highest BCUT2D eigenvalue weighted by molar-refractivity contribution is 5.78. The molecule has 0 bridgehead atoms. The Morgan fingerprint density at radius 1 is 1.02 bits per heavy atom. The van der Waals surface area contributed by atoms with Crippen LogP contribution in [0.5, 0.6) is 17.2 Å². The molecular weight excluding hydrogens is 529 g/mol. The van der Waals surface area contributed by atoms with E-state index in [4.69, 9.17) is 18.6 Å². The molecule has 9 nitrogen and oxygen atoms in total. The molecule has 1 saturated heterocycles. The molecule has 0 spiro atoms. The highest BCUT2D eigenvalue weighted by Gasteiger charge is 2.23. The summed E-state index contributed by atoms with van der Waals surface area (Å²) < 4.78 is 41.1. The van der Waals surface area contributed by atoms with Crippen LogP contribution in [0.25, 0.3) is 22.2 Å². The van der Waals surface area contributed by atoms with Gasteiger partial charge in [-0.2, -0.15) is 4.98 Å². The number of methoxy groups -OCH3 is 1. The van der Waals surface area contributed by atoms with Crippen molar-refractivity contribution in [3.8, 4) is 28.4 Å².